The molecule has 98 valence electrons. The summed E-state index contributed by atoms with van der Waals surface area (Å²) in [6.45, 7) is 3.81. The number of amides is 1. The van der Waals surface area contributed by atoms with Gasteiger partial charge in [0.2, 0.25) is 0 Å². The van der Waals surface area contributed by atoms with Gasteiger partial charge >= 0.3 is 0 Å². The SMILES string of the molecule is CC1(CNC(=O)C(O)c2cccc(Cl)c2)COC1. The average molecular weight is 270 g/mol. The molecule has 1 fully saturated rings. The molecule has 1 aromatic carbocycles. The third kappa shape index (κ3) is 3.02. The molecule has 1 atom stereocenters. The molecule has 4 nitrogen and oxygen atoms in total. The van der Waals surface area contributed by atoms with E-state index >= 15 is 0 Å². The molecule has 1 aromatic rings. The van der Waals surface area contributed by atoms with Gasteiger partial charge in [0, 0.05) is 17.0 Å². The molecule has 1 aliphatic heterocycles. The minimum Gasteiger partial charge on any atom is -0.380 e. The van der Waals surface area contributed by atoms with Crippen LogP contribution in [-0.2, 0) is 9.53 Å². The first-order valence-corrected chi connectivity index (χ1v) is 6.17. The van der Waals surface area contributed by atoms with Crippen LogP contribution in [0.5, 0.6) is 0 Å². The van der Waals surface area contributed by atoms with Crippen LogP contribution >= 0.6 is 11.6 Å². The predicted molar refractivity (Wildman–Crippen MR) is 68.3 cm³/mol. The summed E-state index contributed by atoms with van der Waals surface area (Å²) in [6.07, 6.45) is -1.19. The number of nitrogens with one attached hydrogen (secondary N) is 1. The fraction of sp³-hybridized carbons (Fsp3) is 0.462. The van der Waals surface area contributed by atoms with Crippen molar-refractivity contribution in [1.82, 2.24) is 5.32 Å². The number of aliphatic hydroxyl groups is 1. The first-order chi connectivity index (χ1) is 8.50. The Morgan fingerprint density at radius 1 is 1.61 bits per heavy atom. The smallest absolute Gasteiger partial charge is 0.253 e. The van der Waals surface area contributed by atoms with Gasteiger partial charge in [-0.25, -0.2) is 0 Å². The van der Waals surface area contributed by atoms with Crippen LogP contribution in [0.15, 0.2) is 24.3 Å². The molecule has 0 aliphatic carbocycles. The summed E-state index contributed by atoms with van der Waals surface area (Å²) in [6, 6.07) is 6.65. The third-order valence-corrected chi connectivity index (χ3v) is 3.24. The monoisotopic (exact) mass is 269 g/mol. The van der Waals surface area contributed by atoms with Crippen LogP contribution in [0, 0.1) is 5.41 Å². The van der Waals surface area contributed by atoms with Gasteiger partial charge in [-0.05, 0) is 17.7 Å². The molecule has 2 rings (SSSR count). The van der Waals surface area contributed by atoms with Crippen molar-refractivity contribution in [2.75, 3.05) is 19.8 Å². The maximum atomic E-state index is 11.8. The van der Waals surface area contributed by atoms with Gasteiger partial charge in [0.1, 0.15) is 0 Å². The van der Waals surface area contributed by atoms with E-state index in [9.17, 15) is 9.90 Å². The highest BCUT2D eigenvalue weighted by Gasteiger charge is 2.34. The summed E-state index contributed by atoms with van der Waals surface area (Å²) in [5.74, 6) is -0.412. The van der Waals surface area contributed by atoms with E-state index in [-0.39, 0.29) is 5.41 Å². The second-order valence-corrected chi connectivity index (χ2v) is 5.42. The van der Waals surface area contributed by atoms with Crippen LogP contribution in [0.4, 0.5) is 0 Å². The van der Waals surface area contributed by atoms with Crippen molar-refractivity contribution in [3.05, 3.63) is 34.9 Å². The topological polar surface area (TPSA) is 58.6 Å². The zero-order valence-electron chi connectivity index (χ0n) is 10.1. The molecule has 0 spiro atoms. The highest BCUT2D eigenvalue weighted by atomic mass is 35.5. The minimum atomic E-state index is -1.19. The zero-order chi connectivity index (χ0) is 13.2. The van der Waals surface area contributed by atoms with Crippen LogP contribution in [0.3, 0.4) is 0 Å². The Bertz CT molecular complexity index is 446. The van der Waals surface area contributed by atoms with Crippen molar-refractivity contribution in [2.45, 2.75) is 13.0 Å². The molecule has 2 N–H and O–H groups in total. The lowest BCUT2D eigenvalue weighted by Crippen LogP contribution is -2.49. The van der Waals surface area contributed by atoms with E-state index in [0.29, 0.717) is 30.3 Å². The second kappa shape index (κ2) is 5.26. The summed E-state index contributed by atoms with van der Waals surface area (Å²) in [5.41, 5.74) is 0.485. The molecule has 1 saturated heterocycles. The molecular formula is C13H16ClNO3. The van der Waals surface area contributed by atoms with Crippen LogP contribution in [0.1, 0.15) is 18.6 Å². The fourth-order valence-electron chi connectivity index (χ4n) is 1.78. The molecule has 0 radical (unpaired) electrons. The van der Waals surface area contributed by atoms with Gasteiger partial charge in [-0.1, -0.05) is 30.7 Å². The highest BCUT2D eigenvalue weighted by molar-refractivity contribution is 6.30. The normalized spacial score (nSPS) is 18.8. The molecule has 0 bridgehead atoms. The Balaban J connectivity index is 1.92. The van der Waals surface area contributed by atoms with Crippen LogP contribution in [0.25, 0.3) is 0 Å². The molecule has 1 unspecified atom stereocenters. The summed E-state index contributed by atoms with van der Waals surface area (Å²) in [5, 5.41) is 13.1. The molecule has 5 heteroatoms. The van der Waals surface area contributed by atoms with Crippen LogP contribution in [-0.4, -0.2) is 30.8 Å². The molecule has 18 heavy (non-hydrogen) atoms. The van der Waals surface area contributed by atoms with Gasteiger partial charge < -0.3 is 15.2 Å². The van der Waals surface area contributed by atoms with Crippen LogP contribution < -0.4 is 5.32 Å². The van der Waals surface area contributed by atoms with Gasteiger partial charge in [-0.15, -0.1) is 0 Å². The van der Waals surface area contributed by atoms with E-state index in [4.69, 9.17) is 16.3 Å². The lowest BCUT2D eigenvalue weighted by atomic mass is 9.88. The fourth-order valence-corrected chi connectivity index (χ4v) is 1.98. The zero-order valence-corrected chi connectivity index (χ0v) is 10.9. The van der Waals surface area contributed by atoms with E-state index in [1.165, 1.54) is 0 Å². The van der Waals surface area contributed by atoms with Gasteiger partial charge in [-0.3, -0.25) is 4.79 Å². The molecule has 1 heterocycles. The number of aliphatic hydroxyl groups excluding tert-OH is 1. The number of benzene rings is 1. The van der Waals surface area contributed by atoms with Crippen molar-refractivity contribution >= 4 is 17.5 Å². The van der Waals surface area contributed by atoms with E-state index in [0.717, 1.165) is 0 Å². The third-order valence-electron chi connectivity index (χ3n) is 3.00. The molecule has 1 aliphatic rings. The Kier molecular flexibility index (Phi) is 3.90. The lowest BCUT2D eigenvalue weighted by molar-refractivity contribution is -0.134. The Morgan fingerprint density at radius 3 is 2.89 bits per heavy atom. The largest absolute Gasteiger partial charge is 0.380 e. The molecule has 0 aromatic heterocycles. The van der Waals surface area contributed by atoms with Crippen molar-refractivity contribution in [2.24, 2.45) is 5.41 Å². The maximum absolute atomic E-state index is 11.8. The van der Waals surface area contributed by atoms with E-state index in [2.05, 4.69) is 5.32 Å². The average Bonchev–Trinajstić information content (AvgIpc) is 2.32. The number of halogens is 1. The standard InChI is InChI=1S/C13H16ClNO3/c1-13(7-18-8-13)6-15-12(17)11(16)9-3-2-4-10(14)5-9/h2-5,11,16H,6-8H2,1H3,(H,15,17). The summed E-state index contributed by atoms with van der Waals surface area (Å²) < 4.78 is 5.10. The van der Waals surface area contributed by atoms with E-state index in [1.807, 2.05) is 6.92 Å². The van der Waals surface area contributed by atoms with Gasteiger partial charge in [0.25, 0.3) is 5.91 Å². The van der Waals surface area contributed by atoms with Gasteiger partial charge in [0.05, 0.1) is 13.2 Å². The van der Waals surface area contributed by atoms with E-state index < -0.39 is 12.0 Å². The number of hydrogen-bond acceptors (Lipinski definition) is 3. The number of rotatable bonds is 4. The number of carbonyl (C=O) groups excluding carboxylic acids is 1. The quantitative estimate of drug-likeness (QED) is 0.871. The number of carbonyl (C=O) groups is 1. The highest BCUT2D eigenvalue weighted by Crippen LogP contribution is 2.25. The van der Waals surface area contributed by atoms with E-state index in [1.54, 1.807) is 24.3 Å². The van der Waals surface area contributed by atoms with Gasteiger partial charge in [-0.2, -0.15) is 0 Å². The summed E-state index contributed by atoms with van der Waals surface area (Å²) >= 11 is 5.82. The van der Waals surface area contributed by atoms with Crippen molar-refractivity contribution in [3.63, 3.8) is 0 Å². The first-order valence-electron chi connectivity index (χ1n) is 5.79. The van der Waals surface area contributed by atoms with Crippen molar-refractivity contribution < 1.29 is 14.6 Å². The number of hydrogen-bond donors (Lipinski definition) is 2. The molecular weight excluding hydrogens is 254 g/mol. The molecule has 1 amide bonds. The van der Waals surface area contributed by atoms with Crippen molar-refractivity contribution in [3.8, 4) is 0 Å². The number of ether oxygens (including phenoxy) is 1. The molecule has 0 saturated carbocycles. The van der Waals surface area contributed by atoms with Crippen molar-refractivity contribution in [1.29, 1.82) is 0 Å². The lowest BCUT2D eigenvalue weighted by Gasteiger charge is -2.38. The maximum Gasteiger partial charge on any atom is 0.253 e. The Morgan fingerprint density at radius 2 is 2.33 bits per heavy atom. The minimum absolute atomic E-state index is 0.0102. The summed E-state index contributed by atoms with van der Waals surface area (Å²) in [7, 11) is 0. The van der Waals surface area contributed by atoms with Crippen LogP contribution in [0.2, 0.25) is 5.02 Å². The first kappa shape index (κ1) is 13.3. The second-order valence-electron chi connectivity index (χ2n) is 4.98. The Hall–Kier alpha value is -1.10. The Labute approximate surface area is 111 Å². The predicted octanol–water partition coefficient (Wildman–Crippen LogP) is 1.53. The summed E-state index contributed by atoms with van der Waals surface area (Å²) in [4.78, 5) is 11.8. The van der Waals surface area contributed by atoms with Gasteiger partial charge in [0.15, 0.2) is 6.10 Å².